The summed E-state index contributed by atoms with van der Waals surface area (Å²) < 4.78 is 0. The smallest absolute Gasteiger partial charge is 0.422 e. The maximum atomic E-state index is 8.93. The van der Waals surface area contributed by atoms with Crippen LogP contribution in [0, 0.1) is 11.3 Å². The fourth-order valence-electron chi connectivity index (χ4n) is 1.41. The third-order valence-electron chi connectivity index (χ3n) is 2.08. The summed E-state index contributed by atoms with van der Waals surface area (Å²) in [5.41, 5.74) is 1.54. The second-order valence-electron chi connectivity index (χ2n) is 2.98. The van der Waals surface area contributed by atoms with Crippen LogP contribution < -0.4 is 5.59 Å². The van der Waals surface area contributed by atoms with Gasteiger partial charge >= 0.3 is 7.12 Å². The van der Waals surface area contributed by atoms with Crippen molar-refractivity contribution in [2.24, 2.45) is 0 Å². The first-order chi connectivity index (χ1) is 6.72. The lowest BCUT2D eigenvalue weighted by molar-refractivity contribution is 0.424. The van der Waals surface area contributed by atoms with E-state index in [0.717, 1.165) is 5.52 Å². The van der Waals surface area contributed by atoms with Crippen molar-refractivity contribution in [1.29, 1.82) is 5.26 Å². The van der Waals surface area contributed by atoms with Crippen LogP contribution in [0.3, 0.4) is 0 Å². The van der Waals surface area contributed by atoms with E-state index in [1.54, 1.807) is 24.3 Å². The first kappa shape index (κ1) is 8.82. The fraction of sp³-hybridized carbons (Fsp3) is 0. The monoisotopic (exact) mass is 186 g/mol. The zero-order valence-corrected chi connectivity index (χ0v) is 7.23. The number of fused-ring (bicyclic) bond motifs is 1. The number of H-pyrrole nitrogens is 1. The Morgan fingerprint density at radius 1 is 1.36 bits per heavy atom. The highest BCUT2D eigenvalue weighted by atomic mass is 16.4. The second kappa shape index (κ2) is 3.18. The average molecular weight is 186 g/mol. The molecule has 1 aromatic carbocycles. The SMILES string of the molecule is N#Cc1cccc2[nH]c(B(O)O)cc12. The number of aromatic nitrogens is 1. The third-order valence-corrected chi connectivity index (χ3v) is 2.08. The van der Waals surface area contributed by atoms with Crippen LogP contribution in [0.25, 0.3) is 10.9 Å². The maximum Gasteiger partial charge on any atom is 0.505 e. The van der Waals surface area contributed by atoms with E-state index in [9.17, 15) is 0 Å². The second-order valence-corrected chi connectivity index (χ2v) is 2.98. The summed E-state index contributed by atoms with van der Waals surface area (Å²) in [6.07, 6.45) is 0. The summed E-state index contributed by atoms with van der Waals surface area (Å²) >= 11 is 0. The van der Waals surface area contributed by atoms with Crippen LogP contribution in [0.5, 0.6) is 0 Å². The van der Waals surface area contributed by atoms with Crippen LogP contribution >= 0.6 is 0 Å². The van der Waals surface area contributed by atoms with E-state index in [4.69, 9.17) is 15.3 Å². The number of rotatable bonds is 1. The fourth-order valence-corrected chi connectivity index (χ4v) is 1.41. The summed E-state index contributed by atoms with van der Waals surface area (Å²) in [5.74, 6) is 0. The minimum absolute atomic E-state index is 0.294. The molecule has 0 amide bonds. The van der Waals surface area contributed by atoms with Crippen molar-refractivity contribution in [3.8, 4) is 6.07 Å². The van der Waals surface area contributed by atoms with Crippen molar-refractivity contribution in [3.63, 3.8) is 0 Å². The number of nitrogens with zero attached hydrogens (tertiary/aromatic N) is 1. The Morgan fingerprint density at radius 3 is 2.79 bits per heavy atom. The summed E-state index contributed by atoms with van der Waals surface area (Å²) in [5, 5.41) is 27.4. The Labute approximate surface area is 80.6 Å². The third kappa shape index (κ3) is 1.27. The quantitative estimate of drug-likeness (QED) is 0.535. The Morgan fingerprint density at radius 2 is 2.14 bits per heavy atom. The lowest BCUT2D eigenvalue weighted by Gasteiger charge is -1.90. The van der Waals surface area contributed by atoms with Crippen molar-refractivity contribution < 1.29 is 10.0 Å². The standard InChI is InChI=1S/C9H7BN2O2/c11-5-6-2-1-3-8-7(6)4-9(12-8)10(13)14/h1-4,12-14H. The van der Waals surface area contributed by atoms with Crippen LogP contribution in [-0.2, 0) is 0 Å². The van der Waals surface area contributed by atoms with Gasteiger partial charge in [0, 0.05) is 16.5 Å². The number of aromatic amines is 1. The van der Waals surface area contributed by atoms with Gasteiger partial charge in [0.05, 0.1) is 11.6 Å². The van der Waals surface area contributed by atoms with Gasteiger partial charge in [-0.1, -0.05) is 6.07 Å². The van der Waals surface area contributed by atoms with E-state index in [-0.39, 0.29) is 0 Å². The molecule has 0 spiro atoms. The van der Waals surface area contributed by atoms with Crippen molar-refractivity contribution >= 4 is 23.6 Å². The number of nitriles is 1. The number of nitrogens with one attached hydrogen (secondary N) is 1. The molecule has 0 unspecified atom stereocenters. The van der Waals surface area contributed by atoms with Crippen LogP contribution in [-0.4, -0.2) is 22.2 Å². The number of hydrogen-bond acceptors (Lipinski definition) is 3. The summed E-state index contributed by atoms with van der Waals surface area (Å²) in [7, 11) is -1.53. The van der Waals surface area contributed by atoms with Gasteiger partial charge in [-0.2, -0.15) is 5.26 Å². The van der Waals surface area contributed by atoms with Gasteiger partial charge in [-0.3, -0.25) is 0 Å². The van der Waals surface area contributed by atoms with Crippen molar-refractivity contribution in [1.82, 2.24) is 4.98 Å². The molecule has 0 aliphatic heterocycles. The Kier molecular flexibility index (Phi) is 2.00. The molecule has 4 nitrogen and oxygen atoms in total. The molecule has 0 saturated carbocycles. The molecule has 2 aromatic rings. The number of hydrogen-bond donors (Lipinski definition) is 3. The van der Waals surface area contributed by atoms with Gasteiger partial charge in [-0.15, -0.1) is 0 Å². The first-order valence-corrected chi connectivity index (χ1v) is 4.10. The molecule has 0 fully saturated rings. The molecular formula is C9H7BN2O2. The van der Waals surface area contributed by atoms with E-state index >= 15 is 0 Å². The van der Waals surface area contributed by atoms with E-state index in [0.29, 0.717) is 16.5 Å². The molecule has 1 aromatic heterocycles. The van der Waals surface area contributed by atoms with Gasteiger partial charge < -0.3 is 15.0 Å². The molecule has 5 heteroatoms. The van der Waals surface area contributed by atoms with Gasteiger partial charge in [-0.25, -0.2) is 0 Å². The van der Waals surface area contributed by atoms with E-state index in [2.05, 4.69) is 4.98 Å². The lowest BCUT2D eigenvalue weighted by Crippen LogP contribution is -2.30. The van der Waals surface area contributed by atoms with Crippen molar-refractivity contribution in [3.05, 3.63) is 29.8 Å². The molecule has 3 N–H and O–H groups in total. The molecule has 0 bridgehead atoms. The summed E-state index contributed by atoms with van der Waals surface area (Å²) in [6.45, 7) is 0. The van der Waals surface area contributed by atoms with Gasteiger partial charge in [-0.05, 0) is 18.2 Å². The van der Waals surface area contributed by atoms with Gasteiger partial charge in [0.1, 0.15) is 0 Å². The molecule has 2 rings (SSSR count). The largest absolute Gasteiger partial charge is 0.505 e. The lowest BCUT2D eigenvalue weighted by atomic mass is 9.86. The van der Waals surface area contributed by atoms with Crippen LogP contribution in [0.15, 0.2) is 24.3 Å². The van der Waals surface area contributed by atoms with Crippen LogP contribution in [0.4, 0.5) is 0 Å². The highest BCUT2D eigenvalue weighted by Crippen LogP contribution is 2.15. The van der Waals surface area contributed by atoms with E-state index in [1.165, 1.54) is 0 Å². The van der Waals surface area contributed by atoms with Gasteiger partial charge in [0.2, 0.25) is 0 Å². The predicted molar refractivity (Wildman–Crippen MR) is 52.8 cm³/mol. The van der Waals surface area contributed by atoms with E-state index < -0.39 is 7.12 Å². The maximum absolute atomic E-state index is 8.93. The minimum Gasteiger partial charge on any atom is -0.422 e. The van der Waals surface area contributed by atoms with Gasteiger partial charge in [0.25, 0.3) is 0 Å². The van der Waals surface area contributed by atoms with Crippen LogP contribution in [0.1, 0.15) is 5.56 Å². The molecular weight excluding hydrogens is 179 g/mol. The van der Waals surface area contributed by atoms with Crippen molar-refractivity contribution in [2.75, 3.05) is 0 Å². The molecule has 1 heterocycles. The first-order valence-electron chi connectivity index (χ1n) is 4.10. The molecule has 0 aliphatic carbocycles. The Balaban J connectivity index is 2.72. The van der Waals surface area contributed by atoms with Crippen molar-refractivity contribution in [2.45, 2.75) is 0 Å². The molecule has 0 saturated heterocycles. The normalized spacial score (nSPS) is 10.1. The molecule has 68 valence electrons. The number of benzene rings is 1. The predicted octanol–water partition coefficient (Wildman–Crippen LogP) is -0.281. The zero-order chi connectivity index (χ0) is 10.1. The Hall–Kier alpha value is -1.77. The Bertz CT molecular complexity index is 513. The highest BCUT2D eigenvalue weighted by Gasteiger charge is 2.14. The highest BCUT2D eigenvalue weighted by molar-refractivity contribution is 6.58. The van der Waals surface area contributed by atoms with Gasteiger partial charge in [0.15, 0.2) is 0 Å². The molecule has 0 radical (unpaired) electrons. The molecule has 0 atom stereocenters. The average Bonchev–Trinajstić information content (AvgIpc) is 2.60. The molecule has 0 aliphatic rings. The summed E-state index contributed by atoms with van der Waals surface area (Å²) in [4.78, 5) is 2.82. The zero-order valence-electron chi connectivity index (χ0n) is 7.23. The molecule has 14 heavy (non-hydrogen) atoms. The minimum atomic E-state index is -1.53. The topological polar surface area (TPSA) is 80.0 Å². The van der Waals surface area contributed by atoms with Crippen LogP contribution in [0.2, 0.25) is 0 Å². The van der Waals surface area contributed by atoms with E-state index in [1.807, 2.05) is 6.07 Å². The summed E-state index contributed by atoms with van der Waals surface area (Å²) in [6, 6.07) is 8.81.